The third-order valence-electron chi connectivity index (χ3n) is 2.77. The summed E-state index contributed by atoms with van der Waals surface area (Å²) in [7, 11) is 0. The van der Waals surface area contributed by atoms with Crippen molar-refractivity contribution in [3.8, 4) is 0 Å². The number of carbonyl (C=O) groups excluding carboxylic acids is 1. The van der Waals surface area contributed by atoms with Crippen LogP contribution in [0.3, 0.4) is 0 Å². The van der Waals surface area contributed by atoms with Crippen LogP contribution in [-0.4, -0.2) is 5.78 Å². The van der Waals surface area contributed by atoms with Crippen molar-refractivity contribution in [1.82, 2.24) is 0 Å². The Bertz CT molecular complexity index is 638. The number of halogens is 3. The van der Waals surface area contributed by atoms with E-state index in [0.29, 0.717) is 5.56 Å². The first kappa shape index (κ1) is 13.7. The van der Waals surface area contributed by atoms with Gasteiger partial charge in [0.05, 0.1) is 10.6 Å². The molecule has 0 spiro atoms. The van der Waals surface area contributed by atoms with E-state index in [-0.39, 0.29) is 22.8 Å². The fraction of sp³-hybridized carbons (Fsp3) is 0.133. The SMILES string of the molecule is Cc1ccc(C(=O)Cc2ccc(F)c(Cl)c2)c(F)c1. The van der Waals surface area contributed by atoms with Gasteiger partial charge in [0.2, 0.25) is 0 Å². The number of hydrogen-bond donors (Lipinski definition) is 0. The Labute approximate surface area is 114 Å². The number of hydrogen-bond acceptors (Lipinski definition) is 1. The van der Waals surface area contributed by atoms with Gasteiger partial charge in [-0.05, 0) is 42.3 Å². The summed E-state index contributed by atoms with van der Waals surface area (Å²) in [4.78, 5) is 12.0. The summed E-state index contributed by atoms with van der Waals surface area (Å²) in [5.41, 5.74) is 1.33. The summed E-state index contributed by atoms with van der Waals surface area (Å²) in [5.74, 6) is -1.45. The molecule has 0 bridgehead atoms. The van der Waals surface area contributed by atoms with Crippen molar-refractivity contribution >= 4 is 17.4 Å². The maximum absolute atomic E-state index is 13.6. The number of carbonyl (C=O) groups is 1. The molecule has 0 atom stereocenters. The highest BCUT2D eigenvalue weighted by Gasteiger charge is 2.13. The quantitative estimate of drug-likeness (QED) is 0.764. The van der Waals surface area contributed by atoms with E-state index in [2.05, 4.69) is 0 Å². The Hall–Kier alpha value is -1.74. The molecule has 19 heavy (non-hydrogen) atoms. The minimum absolute atomic E-state index is 0.0139. The number of Topliss-reactive ketones (excluding diaryl/α,β-unsaturated/α-hetero) is 1. The third kappa shape index (κ3) is 3.18. The molecule has 0 radical (unpaired) electrons. The van der Waals surface area contributed by atoms with E-state index in [0.717, 1.165) is 5.56 Å². The third-order valence-corrected chi connectivity index (χ3v) is 3.06. The zero-order valence-corrected chi connectivity index (χ0v) is 11.0. The molecule has 2 aromatic carbocycles. The first-order valence-corrected chi connectivity index (χ1v) is 6.08. The van der Waals surface area contributed by atoms with E-state index in [9.17, 15) is 13.6 Å². The molecule has 0 amide bonds. The van der Waals surface area contributed by atoms with Gasteiger partial charge in [0.25, 0.3) is 0 Å². The highest BCUT2D eigenvalue weighted by Crippen LogP contribution is 2.18. The predicted molar refractivity (Wildman–Crippen MR) is 70.6 cm³/mol. The average molecular weight is 281 g/mol. The summed E-state index contributed by atoms with van der Waals surface area (Å²) in [6.45, 7) is 1.75. The molecule has 0 unspecified atom stereocenters. The summed E-state index contributed by atoms with van der Waals surface area (Å²) in [6, 6.07) is 8.47. The Morgan fingerprint density at radius 2 is 1.84 bits per heavy atom. The number of aryl methyl sites for hydroxylation is 1. The number of rotatable bonds is 3. The van der Waals surface area contributed by atoms with Crippen LogP contribution in [-0.2, 0) is 6.42 Å². The molecule has 0 heterocycles. The lowest BCUT2D eigenvalue weighted by Crippen LogP contribution is -2.06. The van der Waals surface area contributed by atoms with E-state index in [1.807, 2.05) is 0 Å². The number of benzene rings is 2. The lowest BCUT2D eigenvalue weighted by Gasteiger charge is -2.05. The van der Waals surface area contributed by atoms with Crippen molar-refractivity contribution in [2.45, 2.75) is 13.3 Å². The van der Waals surface area contributed by atoms with E-state index in [4.69, 9.17) is 11.6 Å². The van der Waals surface area contributed by atoms with Gasteiger partial charge in [-0.1, -0.05) is 23.7 Å². The second-order valence-electron chi connectivity index (χ2n) is 4.33. The van der Waals surface area contributed by atoms with Crippen LogP contribution in [0.5, 0.6) is 0 Å². The highest BCUT2D eigenvalue weighted by molar-refractivity contribution is 6.30. The Kier molecular flexibility index (Phi) is 3.96. The molecular formula is C15H11ClF2O. The molecule has 2 aromatic rings. The molecule has 0 aliphatic carbocycles. The minimum atomic E-state index is -0.543. The van der Waals surface area contributed by atoms with Crippen LogP contribution in [0.15, 0.2) is 36.4 Å². The van der Waals surface area contributed by atoms with Crippen LogP contribution < -0.4 is 0 Å². The summed E-state index contributed by atoms with van der Waals surface area (Å²) in [6.07, 6.45) is -0.0139. The monoisotopic (exact) mass is 280 g/mol. The standard InChI is InChI=1S/C15H11ClF2O/c1-9-2-4-11(14(18)6-9)15(19)8-10-3-5-13(17)12(16)7-10/h2-7H,8H2,1H3. The van der Waals surface area contributed by atoms with Crippen molar-refractivity contribution in [3.05, 3.63) is 69.7 Å². The second kappa shape index (κ2) is 5.49. The molecule has 98 valence electrons. The van der Waals surface area contributed by atoms with Gasteiger partial charge in [-0.25, -0.2) is 8.78 Å². The van der Waals surface area contributed by atoms with Gasteiger partial charge >= 0.3 is 0 Å². The van der Waals surface area contributed by atoms with Gasteiger partial charge < -0.3 is 0 Å². The van der Waals surface area contributed by atoms with Gasteiger partial charge in [-0.3, -0.25) is 4.79 Å². The fourth-order valence-corrected chi connectivity index (χ4v) is 1.98. The van der Waals surface area contributed by atoms with Crippen LogP contribution in [0.4, 0.5) is 8.78 Å². The molecule has 0 aromatic heterocycles. The molecule has 0 aliphatic rings. The first-order chi connectivity index (χ1) is 8.97. The van der Waals surface area contributed by atoms with Gasteiger partial charge in [0.15, 0.2) is 5.78 Å². The van der Waals surface area contributed by atoms with Crippen LogP contribution in [0.2, 0.25) is 5.02 Å². The first-order valence-electron chi connectivity index (χ1n) is 5.70. The molecule has 4 heteroatoms. The highest BCUT2D eigenvalue weighted by atomic mass is 35.5. The second-order valence-corrected chi connectivity index (χ2v) is 4.74. The normalized spacial score (nSPS) is 10.5. The fourth-order valence-electron chi connectivity index (χ4n) is 1.78. The van der Waals surface area contributed by atoms with Crippen LogP contribution in [0.25, 0.3) is 0 Å². The van der Waals surface area contributed by atoms with Gasteiger partial charge in [0.1, 0.15) is 11.6 Å². The zero-order chi connectivity index (χ0) is 14.0. The maximum Gasteiger partial charge on any atom is 0.170 e. The molecule has 0 saturated heterocycles. The molecule has 0 N–H and O–H groups in total. The molecule has 0 fully saturated rings. The van der Waals surface area contributed by atoms with Gasteiger partial charge in [-0.15, -0.1) is 0 Å². The molecule has 0 saturated carbocycles. The number of ketones is 1. The van der Waals surface area contributed by atoms with Crippen molar-refractivity contribution < 1.29 is 13.6 Å². The molecule has 1 nitrogen and oxygen atoms in total. The average Bonchev–Trinajstić information content (AvgIpc) is 2.33. The largest absolute Gasteiger partial charge is 0.294 e. The minimum Gasteiger partial charge on any atom is -0.294 e. The van der Waals surface area contributed by atoms with Gasteiger partial charge in [-0.2, -0.15) is 0 Å². The summed E-state index contributed by atoms with van der Waals surface area (Å²) < 4.78 is 26.6. The van der Waals surface area contributed by atoms with Crippen molar-refractivity contribution in [3.63, 3.8) is 0 Å². The topological polar surface area (TPSA) is 17.1 Å². The molecule has 2 rings (SSSR count). The summed E-state index contributed by atoms with van der Waals surface area (Å²) in [5, 5.41) is -0.0466. The Balaban J connectivity index is 2.23. The predicted octanol–water partition coefficient (Wildman–Crippen LogP) is 4.35. The van der Waals surface area contributed by atoms with Crippen LogP contribution in [0, 0.1) is 18.6 Å². The van der Waals surface area contributed by atoms with E-state index in [1.165, 1.54) is 30.3 Å². The Morgan fingerprint density at radius 1 is 1.11 bits per heavy atom. The zero-order valence-electron chi connectivity index (χ0n) is 10.2. The smallest absolute Gasteiger partial charge is 0.170 e. The van der Waals surface area contributed by atoms with E-state index < -0.39 is 11.6 Å². The molecular weight excluding hydrogens is 270 g/mol. The lowest BCUT2D eigenvalue weighted by molar-refractivity contribution is 0.0989. The maximum atomic E-state index is 13.6. The van der Waals surface area contributed by atoms with Gasteiger partial charge in [0, 0.05) is 6.42 Å². The summed E-state index contributed by atoms with van der Waals surface area (Å²) >= 11 is 5.63. The van der Waals surface area contributed by atoms with E-state index in [1.54, 1.807) is 13.0 Å². The molecule has 0 aliphatic heterocycles. The van der Waals surface area contributed by atoms with E-state index >= 15 is 0 Å². The van der Waals surface area contributed by atoms with Crippen LogP contribution in [0.1, 0.15) is 21.5 Å². The lowest BCUT2D eigenvalue weighted by atomic mass is 10.0. The van der Waals surface area contributed by atoms with Crippen molar-refractivity contribution in [2.75, 3.05) is 0 Å². The Morgan fingerprint density at radius 3 is 2.47 bits per heavy atom. The van der Waals surface area contributed by atoms with Crippen molar-refractivity contribution in [1.29, 1.82) is 0 Å². The van der Waals surface area contributed by atoms with Crippen LogP contribution >= 0.6 is 11.6 Å². The van der Waals surface area contributed by atoms with Crippen molar-refractivity contribution in [2.24, 2.45) is 0 Å².